The number of hydrogen-bond acceptors (Lipinski definition) is 5. The number of carbonyl (C=O) groups excluding carboxylic acids is 3. The molecule has 2 aromatic carbocycles. The van der Waals surface area contributed by atoms with E-state index in [1.165, 1.54) is 6.92 Å². The third kappa shape index (κ3) is 6.26. The lowest BCUT2D eigenvalue weighted by atomic mass is 10.1. The summed E-state index contributed by atoms with van der Waals surface area (Å²) in [6, 6.07) is 13.3. The number of hydrogen-bond donors (Lipinski definition) is 1. The largest absolute Gasteiger partial charge is 0.493 e. The highest BCUT2D eigenvalue weighted by Gasteiger charge is 2.13. The second kappa shape index (κ2) is 9.52. The molecule has 6 nitrogen and oxygen atoms in total. The fourth-order valence-electron chi connectivity index (χ4n) is 2.28. The van der Waals surface area contributed by atoms with Crippen molar-refractivity contribution in [2.45, 2.75) is 20.8 Å². The van der Waals surface area contributed by atoms with E-state index in [0.29, 0.717) is 35.1 Å². The number of ketones is 1. The average molecular weight is 369 g/mol. The predicted octanol–water partition coefficient (Wildman–Crippen LogP) is 3.72. The van der Waals surface area contributed by atoms with E-state index in [0.717, 1.165) is 0 Å². The lowest BCUT2D eigenvalue weighted by molar-refractivity contribution is -0.119. The van der Waals surface area contributed by atoms with Gasteiger partial charge in [0.1, 0.15) is 5.75 Å². The number of para-hydroxylation sites is 1. The quantitative estimate of drug-likeness (QED) is 0.566. The van der Waals surface area contributed by atoms with Crippen molar-refractivity contribution in [1.82, 2.24) is 0 Å². The number of rotatable bonds is 8. The molecule has 0 unspecified atom stereocenters. The molecule has 0 aliphatic rings. The van der Waals surface area contributed by atoms with Crippen molar-refractivity contribution in [3.63, 3.8) is 0 Å². The molecule has 0 heterocycles. The van der Waals surface area contributed by atoms with E-state index < -0.39 is 18.5 Å². The minimum atomic E-state index is -0.625. The molecule has 0 aliphatic carbocycles. The van der Waals surface area contributed by atoms with Crippen molar-refractivity contribution >= 4 is 23.3 Å². The van der Waals surface area contributed by atoms with Crippen LogP contribution < -0.4 is 10.1 Å². The molecule has 0 atom stereocenters. The Balaban J connectivity index is 1.93. The van der Waals surface area contributed by atoms with Gasteiger partial charge in [-0.2, -0.15) is 0 Å². The average Bonchev–Trinajstić information content (AvgIpc) is 2.65. The van der Waals surface area contributed by atoms with Gasteiger partial charge in [-0.3, -0.25) is 9.59 Å². The summed E-state index contributed by atoms with van der Waals surface area (Å²) in [7, 11) is 0. The van der Waals surface area contributed by atoms with Gasteiger partial charge in [0.05, 0.1) is 17.9 Å². The van der Waals surface area contributed by atoms with Crippen LogP contribution in [-0.2, 0) is 9.53 Å². The maximum atomic E-state index is 12.2. The Labute approximate surface area is 158 Å². The van der Waals surface area contributed by atoms with Gasteiger partial charge in [0.25, 0.3) is 5.91 Å². The van der Waals surface area contributed by atoms with Crippen molar-refractivity contribution in [1.29, 1.82) is 0 Å². The Kier molecular flexibility index (Phi) is 7.11. The van der Waals surface area contributed by atoms with E-state index in [9.17, 15) is 14.4 Å². The number of esters is 1. The van der Waals surface area contributed by atoms with Crippen LogP contribution in [-0.4, -0.2) is 30.9 Å². The normalized spacial score (nSPS) is 10.4. The molecule has 0 radical (unpaired) electrons. The van der Waals surface area contributed by atoms with Crippen LogP contribution in [0, 0.1) is 5.92 Å². The SMILES string of the molecule is CC(=O)c1ccccc1NC(=O)COC(=O)c1cccc(OCC(C)C)c1. The first kappa shape index (κ1) is 20.2. The van der Waals surface area contributed by atoms with E-state index >= 15 is 0 Å². The maximum absolute atomic E-state index is 12.2. The maximum Gasteiger partial charge on any atom is 0.338 e. The Morgan fingerprint density at radius 2 is 1.78 bits per heavy atom. The number of benzene rings is 2. The number of ether oxygens (including phenoxy) is 2. The Morgan fingerprint density at radius 1 is 1.04 bits per heavy atom. The summed E-state index contributed by atoms with van der Waals surface area (Å²) >= 11 is 0. The molecule has 1 N–H and O–H groups in total. The summed E-state index contributed by atoms with van der Waals surface area (Å²) in [6.07, 6.45) is 0. The van der Waals surface area contributed by atoms with Crippen molar-refractivity contribution in [3.05, 3.63) is 59.7 Å². The zero-order valence-electron chi connectivity index (χ0n) is 15.7. The smallest absolute Gasteiger partial charge is 0.338 e. The summed E-state index contributed by atoms with van der Waals surface area (Å²) < 4.78 is 10.6. The van der Waals surface area contributed by atoms with Gasteiger partial charge in [-0.15, -0.1) is 0 Å². The van der Waals surface area contributed by atoms with Crippen molar-refractivity contribution in [2.75, 3.05) is 18.5 Å². The van der Waals surface area contributed by atoms with E-state index in [2.05, 4.69) is 5.32 Å². The lowest BCUT2D eigenvalue weighted by Gasteiger charge is -2.11. The molecule has 6 heteroatoms. The highest BCUT2D eigenvalue weighted by atomic mass is 16.5. The molecule has 0 saturated heterocycles. The highest BCUT2D eigenvalue weighted by Crippen LogP contribution is 2.17. The standard InChI is InChI=1S/C21H23NO5/c1-14(2)12-26-17-8-6-7-16(11-17)21(25)27-13-20(24)22-19-10-5-4-9-18(19)15(3)23/h4-11,14H,12-13H2,1-3H3,(H,22,24). The van der Waals surface area contributed by atoms with Crippen LogP contribution >= 0.6 is 0 Å². The van der Waals surface area contributed by atoms with Crippen LogP contribution in [0.15, 0.2) is 48.5 Å². The summed E-state index contributed by atoms with van der Waals surface area (Å²) in [5.74, 6) is -0.384. The molecule has 0 aliphatic heterocycles. The number of Topliss-reactive ketones (excluding diaryl/α,β-unsaturated/α-hetero) is 1. The fourth-order valence-corrected chi connectivity index (χ4v) is 2.28. The van der Waals surface area contributed by atoms with Crippen LogP contribution in [0.3, 0.4) is 0 Å². The number of nitrogens with one attached hydrogen (secondary N) is 1. The van der Waals surface area contributed by atoms with Gasteiger partial charge in [0, 0.05) is 5.56 Å². The van der Waals surface area contributed by atoms with Crippen LogP contribution in [0.4, 0.5) is 5.69 Å². The molecular formula is C21H23NO5. The molecule has 27 heavy (non-hydrogen) atoms. The fraction of sp³-hybridized carbons (Fsp3) is 0.286. The Hall–Kier alpha value is -3.15. The zero-order valence-corrected chi connectivity index (χ0v) is 15.7. The van der Waals surface area contributed by atoms with Crippen LogP contribution in [0.2, 0.25) is 0 Å². The number of carbonyl (C=O) groups is 3. The van der Waals surface area contributed by atoms with Crippen molar-refractivity contribution in [2.24, 2.45) is 5.92 Å². The number of amides is 1. The Morgan fingerprint density at radius 3 is 2.48 bits per heavy atom. The molecule has 0 bridgehead atoms. The van der Waals surface area contributed by atoms with E-state index in [-0.39, 0.29) is 5.78 Å². The van der Waals surface area contributed by atoms with E-state index in [4.69, 9.17) is 9.47 Å². The zero-order chi connectivity index (χ0) is 19.8. The van der Waals surface area contributed by atoms with Gasteiger partial charge < -0.3 is 14.8 Å². The minimum Gasteiger partial charge on any atom is -0.493 e. The predicted molar refractivity (Wildman–Crippen MR) is 102 cm³/mol. The summed E-state index contributed by atoms with van der Waals surface area (Å²) in [5, 5.41) is 2.58. The summed E-state index contributed by atoms with van der Waals surface area (Å²) in [6.45, 7) is 5.56. The third-order valence-electron chi connectivity index (χ3n) is 3.57. The molecule has 1 amide bonds. The first-order valence-corrected chi connectivity index (χ1v) is 8.66. The van der Waals surface area contributed by atoms with Crippen LogP contribution in [0.25, 0.3) is 0 Å². The molecule has 2 aromatic rings. The third-order valence-corrected chi connectivity index (χ3v) is 3.57. The molecule has 0 spiro atoms. The molecule has 0 fully saturated rings. The lowest BCUT2D eigenvalue weighted by Crippen LogP contribution is -2.22. The molecule has 2 rings (SSSR count). The first-order chi connectivity index (χ1) is 12.9. The topological polar surface area (TPSA) is 81.7 Å². The Bertz CT molecular complexity index is 829. The van der Waals surface area contributed by atoms with Crippen molar-refractivity contribution < 1.29 is 23.9 Å². The first-order valence-electron chi connectivity index (χ1n) is 8.66. The second-order valence-electron chi connectivity index (χ2n) is 6.46. The summed E-state index contributed by atoms with van der Waals surface area (Å²) in [4.78, 5) is 35.8. The summed E-state index contributed by atoms with van der Waals surface area (Å²) in [5.41, 5.74) is 1.08. The van der Waals surface area contributed by atoms with Gasteiger partial charge in [-0.05, 0) is 43.2 Å². The second-order valence-corrected chi connectivity index (χ2v) is 6.46. The molecule has 0 saturated carbocycles. The van der Waals surface area contributed by atoms with Gasteiger partial charge in [0.2, 0.25) is 0 Å². The van der Waals surface area contributed by atoms with Crippen LogP contribution in [0.1, 0.15) is 41.5 Å². The van der Waals surface area contributed by atoms with Gasteiger partial charge in [0.15, 0.2) is 12.4 Å². The van der Waals surface area contributed by atoms with Crippen molar-refractivity contribution in [3.8, 4) is 5.75 Å². The molecule has 0 aromatic heterocycles. The van der Waals surface area contributed by atoms with Gasteiger partial charge in [-0.25, -0.2) is 4.79 Å². The van der Waals surface area contributed by atoms with Gasteiger partial charge >= 0.3 is 5.97 Å². The molecule has 142 valence electrons. The highest BCUT2D eigenvalue weighted by molar-refractivity contribution is 6.04. The molecular weight excluding hydrogens is 346 g/mol. The minimum absolute atomic E-state index is 0.166. The van der Waals surface area contributed by atoms with Crippen LogP contribution in [0.5, 0.6) is 5.75 Å². The van der Waals surface area contributed by atoms with Gasteiger partial charge in [-0.1, -0.05) is 32.0 Å². The monoisotopic (exact) mass is 369 g/mol. The van der Waals surface area contributed by atoms with E-state index in [1.54, 1.807) is 48.5 Å². The number of anilines is 1. The van der Waals surface area contributed by atoms with E-state index in [1.807, 2.05) is 13.8 Å².